The molecule has 4 nitrogen and oxygen atoms in total. The number of aromatic nitrogens is 2. The maximum atomic E-state index is 5.93. The molecule has 1 aromatic heterocycles. The van der Waals surface area contributed by atoms with E-state index in [0.29, 0.717) is 12.5 Å². The molecule has 0 amide bonds. The van der Waals surface area contributed by atoms with Gasteiger partial charge < -0.3 is 10.1 Å². The van der Waals surface area contributed by atoms with Crippen molar-refractivity contribution < 1.29 is 4.74 Å². The number of rotatable bonds is 6. The van der Waals surface area contributed by atoms with Crippen LogP contribution in [0.5, 0.6) is 5.75 Å². The van der Waals surface area contributed by atoms with Gasteiger partial charge >= 0.3 is 0 Å². The van der Waals surface area contributed by atoms with E-state index in [-0.39, 0.29) is 0 Å². The monoisotopic (exact) mass is 287 g/mol. The standard InChI is InChI=1S/C17H25N3O/c1-12(10-18-4)16-8-6-15(7-9-16)11-21-17-13(2)19-20(5)14(17)3/h6-9,12,18H,10-11H2,1-5H3. The van der Waals surface area contributed by atoms with Crippen LogP contribution in [0.4, 0.5) is 0 Å². The van der Waals surface area contributed by atoms with E-state index >= 15 is 0 Å². The summed E-state index contributed by atoms with van der Waals surface area (Å²) in [6.45, 7) is 7.80. The third-order valence-corrected chi connectivity index (χ3v) is 3.88. The molecule has 0 fully saturated rings. The van der Waals surface area contributed by atoms with Crippen molar-refractivity contribution in [2.24, 2.45) is 7.05 Å². The molecule has 0 aliphatic rings. The number of nitrogens with one attached hydrogen (secondary N) is 1. The van der Waals surface area contributed by atoms with Gasteiger partial charge in [-0.2, -0.15) is 5.10 Å². The highest BCUT2D eigenvalue weighted by Gasteiger charge is 2.11. The van der Waals surface area contributed by atoms with Crippen LogP contribution in [0.25, 0.3) is 0 Å². The number of aryl methyl sites for hydroxylation is 2. The van der Waals surface area contributed by atoms with E-state index in [9.17, 15) is 0 Å². The van der Waals surface area contributed by atoms with Crippen LogP contribution in [0.3, 0.4) is 0 Å². The molecule has 1 heterocycles. The lowest BCUT2D eigenvalue weighted by atomic mass is 10.00. The van der Waals surface area contributed by atoms with Gasteiger partial charge in [-0.25, -0.2) is 0 Å². The Hall–Kier alpha value is -1.81. The van der Waals surface area contributed by atoms with Crippen molar-refractivity contribution in [1.29, 1.82) is 0 Å². The first-order chi connectivity index (χ1) is 10.0. The highest BCUT2D eigenvalue weighted by atomic mass is 16.5. The number of nitrogens with zero attached hydrogens (tertiary/aromatic N) is 2. The molecule has 114 valence electrons. The minimum Gasteiger partial charge on any atom is -0.485 e. The Labute approximate surface area is 127 Å². The van der Waals surface area contributed by atoms with Crippen LogP contribution < -0.4 is 10.1 Å². The summed E-state index contributed by atoms with van der Waals surface area (Å²) in [5.41, 5.74) is 4.53. The topological polar surface area (TPSA) is 39.1 Å². The molecule has 2 aromatic rings. The summed E-state index contributed by atoms with van der Waals surface area (Å²) in [4.78, 5) is 0. The Morgan fingerprint density at radius 1 is 1.24 bits per heavy atom. The predicted molar refractivity (Wildman–Crippen MR) is 85.8 cm³/mol. The average molecular weight is 287 g/mol. The Morgan fingerprint density at radius 3 is 2.43 bits per heavy atom. The van der Waals surface area contributed by atoms with E-state index in [4.69, 9.17) is 4.74 Å². The van der Waals surface area contributed by atoms with E-state index in [2.05, 4.69) is 41.6 Å². The van der Waals surface area contributed by atoms with Crippen molar-refractivity contribution in [3.8, 4) is 5.75 Å². The normalized spacial score (nSPS) is 12.4. The van der Waals surface area contributed by atoms with Crippen LogP contribution in [0, 0.1) is 13.8 Å². The minimum atomic E-state index is 0.521. The van der Waals surface area contributed by atoms with Crippen LogP contribution in [-0.2, 0) is 13.7 Å². The Kier molecular flexibility index (Phi) is 5.02. The van der Waals surface area contributed by atoms with Gasteiger partial charge in [0.2, 0.25) is 0 Å². The molecule has 0 aliphatic carbocycles. The lowest BCUT2D eigenvalue weighted by molar-refractivity contribution is 0.301. The first-order valence-corrected chi connectivity index (χ1v) is 7.39. The first-order valence-electron chi connectivity index (χ1n) is 7.39. The number of hydrogen-bond donors (Lipinski definition) is 1. The number of benzene rings is 1. The summed E-state index contributed by atoms with van der Waals surface area (Å²) in [5.74, 6) is 1.41. The number of hydrogen-bond acceptors (Lipinski definition) is 3. The summed E-state index contributed by atoms with van der Waals surface area (Å²) in [6, 6.07) is 8.65. The molecule has 1 N–H and O–H groups in total. The molecule has 0 radical (unpaired) electrons. The zero-order valence-corrected chi connectivity index (χ0v) is 13.6. The molecule has 0 saturated heterocycles. The van der Waals surface area contributed by atoms with Crippen LogP contribution in [0.2, 0.25) is 0 Å². The summed E-state index contributed by atoms with van der Waals surface area (Å²) in [6.07, 6.45) is 0. The number of likely N-dealkylation sites (N-methyl/N-ethyl adjacent to an activating group) is 1. The van der Waals surface area contributed by atoms with Gasteiger partial charge in [0.15, 0.2) is 5.75 Å². The third kappa shape index (κ3) is 3.64. The van der Waals surface area contributed by atoms with Crippen LogP contribution in [0.15, 0.2) is 24.3 Å². The quantitative estimate of drug-likeness (QED) is 0.888. The van der Waals surface area contributed by atoms with E-state index in [1.165, 1.54) is 11.1 Å². The SMILES string of the molecule is CNCC(C)c1ccc(COc2c(C)nn(C)c2C)cc1. The van der Waals surface area contributed by atoms with Gasteiger partial charge in [0, 0.05) is 13.6 Å². The molecule has 2 rings (SSSR count). The Balaban J connectivity index is 2.01. The lowest BCUT2D eigenvalue weighted by Gasteiger charge is -2.12. The predicted octanol–water partition coefficient (Wildman–Crippen LogP) is 2.94. The average Bonchev–Trinajstić information content (AvgIpc) is 2.71. The Morgan fingerprint density at radius 2 is 1.90 bits per heavy atom. The fourth-order valence-electron chi connectivity index (χ4n) is 2.48. The molecule has 1 aromatic carbocycles. The van der Waals surface area contributed by atoms with Crippen molar-refractivity contribution in [3.63, 3.8) is 0 Å². The second kappa shape index (κ2) is 6.76. The number of ether oxygens (including phenoxy) is 1. The fraction of sp³-hybridized carbons (Fsp3) is 0.471. The van der Waals surface area contributed by atoms with Crippen molar-refractivity contribution in [3.05, 3.63) is 46.8 Å². The lowest BCUT2D eigenvalue weighted by Crippen LogP contribution is -2.14. The molecule has 21 heavy (non-hydrogen) atoms. The second-order valence-electron chi connectivity index (χ2n) is 5.61. The highest BCUT2D eigenvalue weighted by molar-refractivity contribution is 5.32. The van der Waals surface area contributed by atoms with Gasteiger partial charge in [-0.1, -0.05) is 31.2 Å². The third-order valence-electron chi connectivity index (χ3n) is 3.88. The molecular formula is C17H25N3O. The van der Waals surface area contributed by atoms with E-state index in [0.717, 1.165) is 23.7 Å². The molecule has 4 heteroatoms. The summed E-state index contributed by atoms with van der Waals surface area (Å²) < 4.78 is 7.78. The van der Waals surface area contributed by atoms with E-state index in [1.54, 1.807) is 0 Å². The summed E-state index contributed by atoms with van der Waals surface area (Å²) >= 11 is 0. The van der Waals surface area contributed by atoms with E-state index in [1.807, 2.05) is 32.6 Å². The van der Waals surface area contributed by atoms with Gasteiger partial charge in [0.25, 0.3) is 0 Å². The fourth-order valence-corrected chi connectivity index (χ4v) is 2.48. The van der Waals surface area contributed by atoms with Crippen LogP contribution >= 0.6 is 0 Å². The van der Waals surface area contributed by atoms with Gasteiger partial charge in [-0.05, 0) is 37.9 Å². The zero-order valence-electron chi connectivity index (χ0n) is 13.6. The van der Waals surface area contributed by atoms with Crippen LogP contribution in [0.1, 0.15) is 35.4 Å². The molecular weight excluding hydrogens is 262 g/mol. The first kappa shape index (κ1) is 15.6. The van der Waals surface area contributed by atoms with Crippen molar-refractivity contribution >= 4 is 0 Å². The van der Waals surface area contributed by atoms with Crippen molar-refractivity contribution in [1.82, 2.24) is 15.1 Å². The maximum absolute atomic E-state index is 5.93. The summed E-state index contributed by atoms with van der Waals surface area (Å²) in [7, 11) is 3.92. The van der Waals surface area contributed by atoms with Gasteiger partial charge in [0.05, 0.1) is 5.69 Å². The van der Waals surface area contributed by atoms with Crippen LogP contribution in [-0.4, -0.2) is 23.4 Å². The molecule has 0 saturated carbocycles. The zero-order chi connectivity index (χ0) is 15.4. The highest BCUT2D eigenvalue weighted by Crippen LogP contribution is 2.23. The molecule has 0 spiro atoms. The van der Waals surface area contributed by atoms with Crippen molar-refractivity contribution in [2.75, 3.05) is 13.6 Å². The molecule has 1 atom stereocenters. The van der Waals surface area contributed by atoms with E-state index < -0.39 is 0 Å². The van der Waals surface area contributed by atoms with Gasteiger partial charge in [-0.3, -0.25) is 4.68 Å². The maximum Gasteiger partial charge on any atom is 0.163 e. The second-order valence-corrected chi connectivity index (χ2v) is 5.61. The molecule has 1 unspecified atom stereocenters. The Bertz CT molecular complexity index is 587. The molecule has 0 aliphatic heterocycles. The summed E-state index contributed by atoms with van der Waals surface area (Å²) in [5, 5.41) is 7.57. The molecule has 0 bridgehead atoms. The van der Waals surface area contributed by atoms with Crippen molar-refractivity contribution in [2.45, 2.75) is 33.3 Å². The van der Waals surface area contributed by atoms with Gasteiger partial charge in [-0.15, -0.1) is 0 Å². The van der Waals surface area contributed by atoms with Gasteiger partial charge in [0.1, 0.15) is 12.3 Å². The smallest absolute Gasteiger partial charge is 0.163 e. The largest absolute Gasteiger partial charge is 0.485 e. The minimum absolute atomic E-state index is 0.521.